The van der Waals surface area contributed by atoms with E-state index in [4.69, 9.17) is 5.73 Å². The van der Waals surface area contributed by atoms with E-state index in [0.717, 1.165) is 5.56 Å². The van der Waals surface area contributed by atoms with Gasteiger partial charge in [-0.05, 0) is 17.7 Å². The molecule has 0 bridgehead atoms. The van der Waals surface area contributed by atoms with Crippen molar-refractivity contribution in [3.05, 3.63) is 42.5 Å². The quantitative estimate of drug-likeness (QED) is 0.757. The maximum absolute atomic E-state index is 12.0. The Morgan fingerprint density at radius 3 is 2.74 bits per heavy atom. The average molecular weight is 281 g/mol. The monoisotopic (exact) mass is 281 g/mol. The zero-order valence-electron chi connectivity index (χ0n) is 10.2. The maximum atomic E-state index is 12.0. The first-order chi connectivity index (χ1) is 9.12. The van der Waals surface area contributed by atoms with E-state index in [2.05, 4.69) is 14.8 Å². The molecule has 2 aromatic rings. The van der Waals surface area contributed by atoms with Crippen LogP contribution in [-0.2, 0) is 23.1 Å². The van der Waals surface area contributed by atoms with E-state index >= 15 is 0 Å². The fourth-order valence-electron chi connectivity index (χ4n) is 1.50. The van der Waals surface area contributed by atoms with Crippen molar-refractivity contribution in [1.82, 2.24) is 19.5 Å². The van der Waals surface area contributed by atoms with Crippen molar-refractivity contribution in [2.45, 2.75) is 18.0 Å². The largest absolute Gasteiger partial charge is 0.329 e. The van der Waals surface area contributed by atoms with Crippen LogP contribution in [0.15, 0.2) is 41.8 Å². The minimum atomic E-state index is -3.55. The summed E-state index contributed by atoms with van der Waals surface area (Å²) in [5.74, 6) is 0. The Labute approximate surface area is 111 Å². The summed E-state index contributed by atoms with van der Waals surface area (Å²) in [7, 11) is -3.55. The molecule has 19 heavy (non-hydrogen) atoms. The molecular weight excluding hydrogens is 266 g/mol. The number of rotatable bonds is 6. The highest BCUT2D eigenvalue weighted by Crippen LogP contribution is 2.08. The molecule has 0 spiro atoms. The van der Waals surface area contributed by atoms with Gasteiger partial charge >= 0.3 is 0 Å². The van der Waals surface area contributed by atoms with Crippen molar-refractivity contribution in [2.75, 3.05) is 6.54 Å². The normalized spacial score (nSPS) is 11.6. The first-order valence-corrected chi connectivity index (χ1v) is 7.21. The molecule has 0 fully saturated rings. The maximum Gasteiger partial charge on any atom is 0.243 e. The molecule has 0 saturated heterocycles. The predicted molar refractivity (Wildman–Crippen MR) is 69.5 cm³/mol. The second-order valence-corrected chi connectivity index (χ2v) is 5.67. The molecule has 0 aromatic carbocycles. The van der Waals surface area contributed by atoms with Gasteiger partial charge < -0.3 is 5.73 Å². The van der Waals surface area contributed by atoms with Crippen molar-refractivity contribution in [3.8, 4) is 0 Å². The van der Waals surface area contributed by atoms with E-state index in [0.29, 0.717) is 13.1 Å². The highest BCUT2D eigenvalue weighted by Gasteiger charge is 2.15. The summed E-state index contributed by atoms with van der Waals surface area (Å²) in [6.45, 7) is 1.11. The highest BCUT2D eigenvalue weighted by atomic mass is 32.2. The number of sulfonamides is 1. The predicted octanol–water partition coefficient (Wildman–Crippen LogP) is -0.285. The summed E-state index contributed by atoms with van der Waals surface area (Å²) in [6.07, 6.45) is 6.00. The molecule has 0 aliphatic carbocycles. The lowest BCUT2D eigenvalue weighted by Crippen LogP contribution is -2.23. The highest BCUT2D eigenvalue weighted by molar-refractivity contribution is 7.89. The van der Waals surface area contributed by atoms with Gasteiger partial charge in [0.25, 0.3) is 0 Å². The summed E-state index contributed by atoms with van der Waals surface area (Å²) in [5, 5.41) is 3.93. The van der Waals surface area contributed by atoms with Crippen LogP contribution in [0.3, 0.4) is 0 Å². The number of nitrogens with zero attached hydrogens (tertiary/aromatic N) is 3. The number of hydrogen-bond acceptors (Lipinski definition) is 5. The zero-order valence-corrected chi connectivity index (χ0v) is 11.0. The molecule has 102 valence electrons. The Balaban J connectivity index is 2.05. The van der Waals surface area contributed by atoms with Crippen LogP contribution < -0.4 is 10.5 Å². The smallest absolute Gasteiger partial charge is 0.243 e. The summed E-state index contributed by atoms with van der Waals surface area (Å²) < 4.78 is 28.0. The van der Waals surface area contributed by atoms with E-state index in [1.54, 1.807) is 24.5 Å². The summed E-state index contributed by atoms with van der Waals surface area (Å²) >= 11 is 0. The first-order valence-electron chi connectivity index (χ1n) is 5.73. The number of nitrogens with two attached hydrogens (primary N) is 1. The Bertz CT molecular complexity index is 624. The minimum absolute atomic E-state index is 0.134. The van der Waals surface area contributed by atoms with Gasteiger partial charge in [-0.15, -0.1) is 0 Å². The summed E-state index contributed by atoms with van der Waals surface area (Å²) in [6, 6.07) is 3.50. The molecule has 0 unspecified atom stereocenters. The number of pyridine rings is 1. The van der Waals surface area contributed by atoms with Crippen molar-refractivity contribution < 1.29 is 8.42 Å². The molecule has 0 aliphatic heterocycles. The molecule has 8 heteroatoms. The van der Waals surface area contributed by atoms with E-state index < -0.39 is 10.0 Å². The standard InChI is InChI=1S/C11H15N5O2S/c12-3-6-16-9-11(8-14-16)19(17,18)15-7-10-1-4-13-5-2-10/h1-2,4-5,8-9,15H,3,6-7,12H2. The van der Waals surface area contributed by atoms with Crippen LogP contribution in [0.5, 0.6) is 0 Å². The number of hydrogen-bond donors (Lipinski definition) is 2. The Hall–Kier alpha value is -1.77. The van der Waals surface area contributed by atoms with Gasteiger partial charge in [-0.25, -0.2) is 13.1 Å². The lowest BCUT2D eigenvalue weighted by Gasteiger charge is -2.04. The molecule has 0 aliphatic rings. The van der Waals surface area contributed by atoms with E-state index in [-0.39, 0.29) is 11.4 Å². The lowest BCUT2D eigenvalue weighted by molar-refractivity contribution is 0.580. The van der Waals surface area contributed by atoms with Crippen molar-refractivity contribution in [3.63, 3.8) is 0 Å². The molecule has 2 heterocycles. The number of nitrogens with one attached hydrogen (secondary N) is 1. The topological polar surface area (TPSA) is 103 Å². The van der Waals surface area contributed by atoms with Crippen molar-refractivity contribution in [2.24, 2.45) is 5.73 Å². The Morgan fingerprint density at radius 1 is 1.32 bits per heavy atom. The second kappa shape index (κ2) is 5.91. The zero-order chi connectivity index (χ0) is 13.7. The van der Waals surface area contributed by atoms with Crippen LogP contribution in [0.1, 0.15) is 5.56 Å². The summed E-state index contributed by atoms with van der Waals surface area (Å²) in [5.41, 5.74) is 6.22. The molecule has 0 saturated carbocycles. The van der Waals surface area contributed by atoms with Gasteiger partial charge in [0.15, 0.2) is 0 Å². The fraction of sp³-hybridized carbons (Fsp3) is 0.273. The van der Waals surface area contributed by atoms with E-state index in [1.807, 2.05) is 0 Å². The van der Waals surface area contributed by atoms with Crippen LogP contribution in [0.2, 0.25) is 0 Å². The fourth-order valence-corrected chi connectivity index (χ4v) is 2.47. The van der Waals surface area contributed by atoms with Crippen LogP contribution in [0.25, 0.3) is 0 Å². The lowest BCUT2D eigenvalue weighted by atomic mass is 10.3. The molecule has 0 radical (unpaired) electrons. The minimum Gasteiger partial charge on any atom is -0.329 e. The third kappa shape index (κ3) is 3.60. The van der Waals surface area contributed by atoms with Gasteiger partial charge in [0.1, 0.15) is 4.90 Å². The molecule has 7 nitrogen and oxygen atoms in total. The van der Waals surface area contributed by atoms with E-state index in [9.17, 15) is 8.42 Å². The van der Waals surface area contributed by atoms with Crippen LogP contribution in [0, 0.1) is 0 Å². The molecular formula is C11H15N5O2S. The molecule has 2 rings (SSSR count). The van der Waals surface area contributed by atoms with Gasteiger partial charge in [0, 0.05) is 31.7 Å². The molecule has 3 N–H and O–H groups in total. The third-order valence-electron chi connectivity index (χ3n) is 2.49. The number of aromatic nitrogens is 3. The van der Waals surface area contributed by atoms with E-state index in [1.165, 1.54) is 17.1 Å². The van der Waals surface area contributed by atoms with Gasteiger partial charge in [-0.2, -0.15) is 5.10 Å². The second-order valence-electron chi connectivity index (χ2n) is 3.91. The van der Waals surface area contributed by atoms with Crippen molar-refractivity contribution >= 4 is 10.0 Å². The van der Waals surface area contributed by atoms with Gasteiger partial charge in [0.05, 0.1) is 12.7 Å². The van der Waals surface area contributed by atoms with Crippen LogP contribution in [-0.4, -0.2) is 29.7 Å². The molecule has 0 amide bonds. The van der Waals surface area contributed by atoms with Gasteiger partial charge in [0.2, 0.25) is 10.0 Å². The Morgan fingerprint density at radius 2 is 2.05 bits per heavy atom. The van der Waals surface area contributed by atoms with Gasteiger partial charge in [-0.1, -0.05) is 0 Å². The third-order valence-corrected chi connectivity index (χ3v) is 3.85. The Kier molecular flexibility index (Phi) is 4.25. The SMILES string of the molecule is NCCn1cc(S(=O)(=O)NCc2ccncc2)cn1. The van der Waals surface area contributed by atoms with Crippen molar-refractivity contribution in [1.29, 1.82) is 0 Å². The summed E-state index contributed by atoms with van der Waals surface area (Å²) in [4.78, 5) is 4.00. The average Bonchev–Trinajstić information content (AvgIpc) is 2.88. The van der Waals surface area contributed by atoms with Gasteiger partial charge in [-0.3, -0.25) is 9.67 Å². The van der Waals surface area contributed by atoms with Crippen LogP contribution in [0.4, 0.5) is 0 Å². The molecule has 0 atom stereocenters. The molecule has 2 aromatic heterocycles. The first kappa shape index (κ1) is 13.7. The van der Waals surface area contributed by atoms with Crippen LogP contribution >= 0.6 is 0 Å².